The Balaban J connectivity index is 2.13. The number of ether oxygens (including phenoxy) is 1. The molecule has 1 fully saturated rings. The van der Waals surface area contributed by atoms with Crippen LogP contribution >= 0.6 is 58.2 Å². The number of carbonyl (C=O) groups excluding carboxylic acids is 2. The summed E-state index contributed by atoms with van der Waals surface area (Å²) in [5, 5.41) is -0.0823. The SMILES string of the molecule is NC1C(=O)N2C(C(=O)OCC(Cl)(Cl)Cl)=C(Cl)CS[C@@H]12. The van der Waals surface area contributed by atoms with Gasteiger partial charge >= 0.3 is 5.97 Å². The van der Waals surface area contributed by atoms with Gasteiger partial charge < -0.3 is 10.5 Å². The number of thioether (sulfide) groups is 1. The van der Waals surface area contributed by atoms with Gasteiger partial charge in [0.15, 0.2) is 0 Å². The molecule has 1 unspecified atom stereocenters. The van der Waals surface area contributed by atoms with E-state index < -0.39 is 22.4 Å². The number of β-lactam (4-membered cyclic amide) rings is 1. The average molecular weight is 366 g/mol. The number of rotatable bonds is 2. The molecule has 0 aromatic rings. The van der Waals surface area contributed by atoms with Crippen LogP contribution in [0.25, 0.3) is 0 Å². The molecule has 0 spiro atoms. The van der Waals surface area contributed by atoms with Crippen molar-refractivity contribution in [2.75, 3.05) is 12.4 Å². The first-order valence-corrected chi connectivity index (χ1v) is 7.61. The first kappa shape index (κ1) is 15.5. The fourth-order valence-electron chi connectivity index (χ4n) is 1.68. The highest BCUT2D eigenvalue weighted by Crippen LogP contribution is 2.41. The first-order valence-electron chi connectivity index (χ1n) is 5.05. The van der Waals surface area contributed by atoms with Crippen molar-refractivity contribution < 1.29 is 14.3 Å². The van der Waals surface area contributed by atoms with Crippen molar-refractivity contribution in [3.8, 4) is 0 Å². The summed E-state index contributed by atoms with van der Waals surface area (Å²) in [7, 11) is 0. The largest absolute Gasteiger partial charge is 0.456 e. The Morgan fingerprint density at radius 1 is 1.53 bits per heavy atom. The molecule has 2 N–H and O–H groups in total. The number of hydrogen-bond donors (Lipinski definition) is 1. The molecule has 2 heterocycles. The lowest BCUT2D eigenvalue weighted by Crippen LogP contribution is -2.68. The summed E-state index contributed by atoms with van der Waals surface area (Å²) in [5.74, 6) is -0.805. The van der Waals surface area contributed by atoms with Gasteiger partial charge in [0.2, 0.25) is 9.70 Å². The van der Waals surface area contributed by atoms with Gasteiger partial charge in [-0.3, -0.25) is 9.69 Å². The zero-order chi connectivity index (χ0) is 14.4. The van der Waals surface area contributed by atoms with Crippen molar-refractivity contribution in [1.82, 2.24) is 4.90 Å². The molecule has 0 radical (unpaired) electrons. The Kier molecular flexibility index (Phi) is 4.50. The molecule has 1 saturated heterocycles. The third-order valence-corrected chi connectivity index (χ3v) is 4.62. The van der Waals surface area contributed by atoms with Gasteiger partial charge in [-0.25, -0.2) is 4.79 Å². The molecule has 5 nitrogen and oxygen atoms in total. The van der Waals surface area contributed by atoms with Gasteiger partial charge in [-0.05, 0) is 0 Å². The molecule has 19 heavy (non-hydrogen) atoms. The van der Waals surface area contributed by atoms with E-state index in [1.165, 1.54) is 16.7 Å². The number of fused-ring (bicyclic) bond motifs is 1. The van der Waals surface area contributed by atoms with Crippen LogP contribution in [-0.2, 0) is 14.3 Å². The number of alkyl halides is 3. The van der Waals surface area contributed by atoms with Gasteiger partial charge in [0.25, 0.3) is 0 Å². The van der Waals surface area contributed by atoms with Crippen LogP contribution < -0.4 is 5.73 Å². The van der Waals surface area contributed by atoms with Gasteiger partial charge in [0, 0.05) is 5.75 Å². The van der Waals surface area contributed by atoms with Crippen LogP contribution in [0.15, 0.2) is 10.7 Å². The van der Waals surface area contributed by atoms with Crippen molar-refractivity contribution in [2.45, 2.75) is 15.2 Å². The summed E-state index contributed by atoms with van der Waals surface area (Å²) in [6.07, 6.45) is 0. The number of amides is 1. The summed E-state index contributed by atoms with van der Waals surface area (Å²) in [4.78, 5) is 24.8. The van der Waals surface area contributed by atoms with Crippen LogP contribution in [0.4, 0.5) is 0 Å². The third kappa shape index (κ3) is 3.09. The molecule has 0 bridgehead atoms. The van der Waals surface area contributed by atoms with Gasteiger partial charge in [-0.15, -0.1) is 11.8 Å². The number of esters is 1. The second-order valence-corrected chi connectivity index (χ2v) is 7.96. The highest BCUT2D eigenvalue weighted by atomic mass is 35.6. The lowest BCUT2D eigenvalue weighted by molar-refractivity contribution is -0.150. The van der Waals surface area contributed by atoms with E-state index in [0.29, 0.717) is 5.75 Å². The van der Waals surface area contributed by atoms with Crippen LogP contribution in [0.5, 0.6) is 0 Å². The maximum Gasteiger partial charge on any atom is 0.356 e. The Morgan fingerprint density at radius 2 is 2.16 bits per heavy atom. The maximum atomic E-state index is 11.9. The normalized spacial score (nSPS) is 27.0. The second-order valence-electron chi connectivity index (χ2n) is 3.88. The Morgan fingerprint density at radius 3 is 2.74 bits per heavy atom. The highest BCUT2D eigenvalue weighted by Gasteiger charge is 2.52. The van der Waals surface area contributed by atoms with Gasteiger partial charge in [0.1, 0.15) is 23.7 Å². The molecule has 2 aliphatic rings. The van der Waals surface area contributed by atoms with E-state index in [1.807, 2.05) is 0 Å². The zero-order valence-electron chi connectivity index (χ0n) is 9.24. The summed E-state index contributed by atoms with van der Waals surface area (Å²) in [6, 6.07) is -0.634. The molecule has 2 aliphatic heterocycles. The summed E-state index contributed by atoms with van der Waals surface area (Å²) in [6.45, 7) is -0.434. The Bertz CT molecular complexity index is 465. The predicted molar refractivity (Wildman–Crippen MR) is 75.2 cm³/mol. The van der Waals surface area contributed by atoms with Crippen molar-refractivity contribution in [3.05, 3.63) is 10.7 Å². The van der Waals surface area contributed by atoms with Gasteiger partial charge in [-0.1, -0.05) is 46.4 Å². The number of carbonyl (C=O) groups is 2. The lowest BCUT2D eigenvalue weighted by Gasteiger charge is -2.47. The number of nitrogens with zero attached hydrogens (tertiary/aromatic N) is 1. The average Bonchev–Trinajstić information content (AvgIpc) is 2.33. The monoisotopic (exact) mass is 364 g/mol. The van der Waals surface area contributed by atoms with E-state index >= 15 is 0 Å². The molecule has 0 aliphatic carbocycles. The summed E-state index contributed by atoms with van der Waals surface area (Å²) >= 11 is 23.8. The van der Waals surface area contributed by atoms with Gasteiger partial charge in [-0.2, -0.15) is 0 Å². The second kappa shape index (κ2) is 5.50. The van der Waals surface area contributed by atoms with E-state index in [1.54, 1.807) is 0 Å². The fraction of sp³-hybridized carbons (Fsp3) is 0.556. The molecule has 0 aromatic carbocycles. The molecule has 2 atom stereocenters. The summed E-state index contributed by atoms with van der Waals surface area (Å²) in [5.41, 5.74) is 5.61. The quantitative estimate of drug-likeness (QED) is 0.457. The zero-order valence-corrected chi connectivity index (χ0v) is 13.1. The first-order chi connectivity index (χ1) is 8.72. The Hall–Kier alpha value is 0.150. The van der Waals surface area contributed by atoms with E-state index in [-0.39, 0.29) is 22.0 Å². The number of halogens is 4. The standard InChI is InChI=1S/C9H8Cl4N2O3S/c10-3-1-19-7-4(14)6(16)15(7)5(3)8(17)18-2-9(11,12)13/h4,7H,1-2,14H2/t4?,7-/m0/s1. The Labute approximate surface area is 133 Å². The molecule has 0 aromatic heterocycles. The van der Waals surface area contributed by atoms with Crippen molar-refractivity contribution in [2.24, 2.45) is 5.73 Å². The molecular weight excluding hydrogens is 358 g/mol. The molecular formula is C9H8Cl4N2O3S. The summed E-state index contributed by atoms with van der Waals surface area (Å²) < 4.78 is 3.11. The van der Waals surface area contributed by atoms with E-state index in [4.69, 9.17) is 56.9 Å². The van der Waals surface area contributed by atoms with Crippen LogP contribution in [0.3, 0.4) is 0 Å². The molecule has 10 heteroatoms. The topological polar surface area (TPSA) is 72.6 Å². The van der Waals surface area contributed by atoms with Crippen LogP contribution in [-0.4, -0.2) is 44.3 Å². The minimum atomic E-state index is -1.72. The molecule has 106 valence electrons. The highest BCUT2D eigenvalue weighted by molar-refractivity contribution is 8.00. The molecule has 1 amide bonds. The lowest BCUT2D eigenvalue weighted by atomic mass is 10.1. The minimum absolute atomic E-state index is 0.0219. The van der Waals surface area contributed by atoms with E-state index in [2.05, 4.69) is 0 Å². The van der Waals surface area contributed by atoms with Crippen molar-refractivity contribution in [3.63, 3.8) is 0 Å². The minimum Gasteiger partial charge on any atom is -0.456 e. The van der Waals surface area contributed by atoms with Crippen molar-refractivity contribution >= 4 is 70.0 Å². The smallest absolute Gasteiger partial charge is 0.356 e. The van der Waals surface area contributed by atoms with Crippen LogP contribution in [0.1, 0.15) is 0 Å². The van der Waals surface area contributed by atoms with Gasteiger partial charge in [0.05, 0.1) is 5.03 Å². The third-order valence-electron chi connectivity index (χ3n) is 2.52. The fourth-order valence-corrected chi connectivity index (χ4v) is 3.34. The van der Waals surface area contributed by atoms with E-state index in [0.717, 1.165) is 0 Å². The van der Waals surface area contributed by atoms with Crippen LogP contribution in [0.2, 0.25) is 0 Å². The molecule has 2 rings (SSSR count). The predicted octanol–water partition coefficient (Wildman–Crippen LogP) is 1.59. The molecule has 0 saturated carbocycles. The van der Waals surface area contributed by atoms with Crippen molar-refractivity contribution in [1.29, 1.82) is 0 Å². The van der Waals surface area contributed by atoms with Crippen LogP contribution in [0, 0.1) is 0 Å². The van der Waals surface area contributed by atoms with E-state index in [9.17, 15) is 9.59 Å². The maximum absolute atomic E-state index is 11.9. The number of nitrogens with two attached hydrogens (primary N) is 1. The number of hydrogen-bond acceptors (Lipinski definition) is 5.